The fraction of sp³-hybridized carbons (Fsp3) is 0.231. The molecule has 1 aliphatic heterocycles. The molecule has 0 aliphatic carbocycles. The molecule has 3 aromatic carbocycles. The summed E-state index contributed by atoms with van der Waals surface area (Å²) in [6.45, 7) is 4.95. The Morgan fingerprint density at radius 3 is 2.50 bits per heavy atom. The van der Waals surface area contributed by atoms with Crippen molar-refractivity contribution in [2.75, 3.05) is 26.4 Å². The van der Waals surface area contributed by atoms with Crippen molar-refractivity contribution in [3.63, 3.8) is 0 Å². The number of rotatable bonds is 9. The number of ether oxygens (including phenoxy) is 3. The number of hydrogen-bond donors (Lipinski definition) is 0. The third kappa shape index (κ3) is 5.16. The molecule has 1 fully saturated rings. The van der Waals surface area contributed by atoms with Gasteiger partial charge in [-0.2, -0.15) is 0 Å². The van der Waals surface area contributed by atoms with Crippen molar-refractivity contribution < 1.29 is 23.8 Å². The zero-order valence-electron chi connectivity index (χ0n) is 18.9. The van der Waals surface area contributed by atoms with Gasteiger partial charge in [-0.25, -0.2) is 0 Å². The zero-order valence-corrected chi connectivity index (χ0v) is 20.4. The molecular weight excluding hydrogens is 474 g/mol. The van der Waals surface area contributed by atoms with Crippen molar-refractivity contribution in [3.8, 4) is 17.2 Å². The van der Waals surface area contributed by atoms with Crippen LogP contribution in [0.3, 0.4) is 0 Å². The molecule has 0 bridgehead atoms. The summed E-state index contributed by atoms with van der Waals surface area (Å²) in [5.41, 5.74) is 0.648. The van der Waals surface area contributed by atoms with E-state index >= 15 is 0 Å². The smallest absolute Gasteiger partial charge is 0.293 e. The van der Waals surface area contributed by atoms with Gasteiger partial charge in [0.15, 0.2) is 11.5 Å². The van der Waals surface area contributed by atoms with Gasteiger partial charge in [-0.1, -0.05) is 48.0 Å². The lowest BCUT2D eigenvalue weighted by Crippen LogP contribution is -2.32. The lowest BCUT2D eigenvalue weighted by atomic mass is 10.1. The summed E-state index contributed by atoms with van der Waals surface area (Å²) < 4.78 is 17.1. The maximum absolute atomic E-state index is 12.9. The van der Waals surface area contributed by atoms with Gasteiger partial charge in [-0.3, -0.25) is 14.5 Å². The van der Waals surface area contributed by atoms with Gasteiger partial charge >= 0.3 is 0 Å². The highest BCUT2D eigenvalue weighted by atomic mass is 35.5. The van der Waals surface area contributed by atoms with E-state index in [0.717, 1.165) is 22.5 Å². The lowest BCUT2D eigenvalue weighted by Gasteiger charge is -2.14. The Labute approximate surface area is 207 Å². The average Bonchev–Trinajstić information content (AvgIpc) is 3.09. The summed E-state index contributed by atoms with van der Waals surface area (Å²) in [6, 6.07) is 17.1. The predicted octanol–water partition coefficient (Wildman–Crippen LogP) is 6.41. The molecule has 8 heteroatoms. The van der Waals surface area contributed by atoms with Crippen molar-refractivity contribution >= 4 is 51.4 Å². The van der Waals surface area contributed by atoms with Crippen LogP contribution in [0.25, 0.3) is 16.8 Å². The summed E-state index contributed by atoms with van der Waals surface area (Å²) in [5, 5.41) is 2.09. The van der Waals surface area contributed by atoms with E-state index in [1.54, 1.807) is 18.2 Å². The molecule has 0 aromatic heterocycles. The van der Waals surface area contributed by atoms with Gasteiger partial charge in [0.25, 0.3) is 11.1 Å². The molecule has 0 saturated carbocycles. The summed E-state index contributed by atoms with van der Waals surface area (Å²) in [6.07, 6.45) is 1.64. The van der Waals surface area contributed by atoms with Crippen molar-refractivity contribution in [1.29, 1.82) is 0 Å². The molecule has 3 aromatic rings. The number of thioether (sulfide) groups is 1. The van der Waals surface area contributed by atoms with Gasteiger partial charge in [0.1, 0.15) is 12.4 Å². The van der Waals surface area contributed by atoms with Crippen LogP contribution < -0.4 is 14.2 Å². The van der Waals surface area contributed by atoms with Gasteiger partial charge in [0, 0.05) is 5.39 Å². The molecule has 0 unspecified atom stereocenters. The summed E-state index contributed by atoms with van der Waals surface area (Å²) in [4.78, 5) is 26.9. The van der Waals surface area contributed by atoms with Crippen LogP contribution in [-0.2, 0) is 4.79 Å². The first-order valence-corrected chi connectivity index (χ1v) is 12.2. The molecule has 1 heterocycles. The van der Waals surface area contributed by atoms with E-state index in [4.69, 9.17) is 25.8 Å². The Balaban J connectivity index is 1.47. The number of imide groups is 1. The van der Waals surface area contributed by atoms with Crippen LogP contribution in [0.15, 0.2) is 59.5 Å². The van der Waals surface area contributed by atoms with Gasteiger partial charge in [0.05, 0.1) is 29.7 Å². The van der Waals surface area contributed by atoms with Crippen LogP contribution in [0.4, 0.5) is 4.79 Å². The highest BCUT2D eigenvalue weighted by Gasteiger charge is 2.35. The van der Waals surface area contributed by atoms with E-state index in [-0.39, 0.29) is 24.3 Å². The number of halogens is 1. The first-order chi connectivity index (χ1) is 16.5. The maximum atomic E-state index is 12.9. The number of hydrogen-bond acceptors (Lipinski definition) is 6. The molecule has 6 nitrogen and oxygen atoms in total. The second kappa shape index (κ2) is 10.8. The predicted molar refractivity (Wildman–Crippen MR) is 136 cm³/mol. The van der Waals surface area contributed by atoms with Crippen molar-refractivity contribution in [2.24, 2.45) is 0 Å². The standard InChI is InChI=1S/C26H24ClNO5S/c1-3-31-22-15-17(14-20(27)24(22)32-4-2)16-23-25(29)28(26(30)34-23)12-13-33-21-11-7-9-18-8-5-6-10-19(18)21/h5-11,14-16H,3-4,12-13H2,1-2H3/b23-16-. The van der Waals surface area contributed by atoms with E-state index in [0.29, 0.717) is 46.0 Å². The minimum absolute atomic E-state index is 0.152. The molecule has 176 valence electrons. The first-order valence-electron chi connectivity index (χ1n) is 11.0. The van der Waals surface area contributed by atoms with Gasteiger partial charge in [-0.15, -0.1) is 0 Å². The molecule has 2 amide bonds. The van der Waals surface area contributed by atoms with Crippen LogP contribution in [0.1, 0.15) is 19.4 Å². The topological polar surface area (TPSA) is 65.1 Å². The van der Waals surface area contributed by atoms with E-state index in [2.05, 4.69) is 0 Å². The summed E-state index contributed by atoms with van der Waals surface area (Å²) in [7, 11) is 0. The molecular formula is C26H24ClNO5S. The molecule has 0 N–H and O–H groups in total. The largest absolute Gasteiger partial charge is 0.491 e. The molecule has 1 saturated heterocycles. The van der Waals surface area contributed by atoms with Crippen molar-refractivity contribution in [3.05, 3.63) is 70.1 Å². The molecule has 4 rings (SSSR count). The molecule has 1 aliphatic rings. The second-order valence-electron chi connectivity index (χ2n) is 7.36. The highest BCUT2D eigenvalue weighted by Crippen LogP contribution is 2.39. The van der Waals surface area contributed by atoms with Crippen molar-refractivity contribution in [2.45, 2.75) is 13.8 Å². The number of nitrogens with zero attached hydrogens (tertiary/aromatic N) is 1. The Kier molecular flexibility index (Phi) is 7.65. The number of amides is 2. The fourth-order valence-electron chi connectivity index (χ4n) is 3.63. The van der Waals surface area contributed by atoms with Crippen LogP contribution in [0, 0.1) is 0 Å². The van der Waals surface area contributed by atoms with Gasteiger partial charge in [-0.05, 0) is 60.8 Å². The molecule has 0 atom stereocenters. The minimum Gasteiger partial charge on any atom is -0.491 e. The quantitative estimate of drug-likeness (QED) is 0.318. The first kappa shape index (κ1) is 24.0. The molecule has 0 radical (unpaired) electrons. The monoisotopic (exact) mass is 497 g/mol. The van der Waals surface area contributed by atoms with Gasteiger partial charge < -0.3 is 14.2 Å². The SMILES string of the molecule is CCOc1cc(/C=C2\SC(=O)N(CCOc3cccc4ccccc34)C2=O)cc(Cl)c1OCC. The Morgan fingerprint density at radius 2 is 1.71 bits per heavy atom. The Morgan fingerprint density at radius 1 is 0.941 bits per heavy atom. The third-order valence-corrected chi connectivity index (χ3v) is 6.30. The maximum Gasteiger partial charge on any atom is 0.293 e. The number of carbonyl (C=O) groups is 2. The normalized spacial score (nSPS) is 14.8. The molecule has 34 heavy (non-hydrogen) atoms. The van der Waals surface area contributed by atoms with Crippen molar-refractivity contribution in [1.82, 2.24) is 4.90 Å². The zero-order chi connectivity index (χ0) is 24.1. The van der Waals surface area contributed by atoms with E-state index in [1.165, 1.54) is 4.90 Å². The second-order valence-corrected chi connectivity index (χ2v) is 8.76. The summed E-state index contributed by atoms with van der Waals surface area (Å²) in [5.74, 6) is 1.31. The lowest BCUT2D eigenvalue weighted by molar-refractivity contribution is -0.123. The van der Waals surface area contributed by atoms with Crippen LogP contribution >= 0.6 is 23.4 Å². The van der Waals surface area contributed by atoms with E-state index in [1.807, 2.05) is 56.3 Å². The van der Waals surface area contributed by atoms with Crippen LogP contribution in [0.2, 0.25) is 5.02 Å². The molecule has 0 spiro atoms. The third-order valence-electron chi connectivity index (χ3n) is 5.11. The highest BCUT2D eigenvalue weighted by molar-refractivity contribution is 8.18. The Hall–Kier alpha value is -3.16. The van der Waals surface area contributed by atoms with Gasteiger partial charge in [0.2, 0.25) is 0 Å². The van der Waals surface area contributed by atoms with E-state index in [9.17, 15) is 9.59 Å². The van der Waals surface area contributed by atoms with E-state index < -0.39 is 0 Å². The van der Waals surface area contributed by atoms with Crippen LogP contribution in [0.5, 0.6) is 17.2 Å². The fourth-order valence-corrected chi connectivity index (χ4v) is 4.77. The number of carbonyl (C=O) groups excluding carboxylic acids is 2. The number of fused-ring (bicyclic) bond motifs is 1. The van der Waals surface area contributed by atoms with Crippen LogP contribution in [-0.4, -0.2) is 42.4 Å². The average molecular weight is 498 g/mol. The summed E-state index contributed by atoms with van der Waals surface area (Å²) >= 11 is 7.27. The minimum atomic E-state index is -0.362. The number of benzene rings is 3. The Bertz CT molecular complexity index is 1250.